The van der Waals surface area contributed by atoms with Crippen molar-refractivity contribution >= 4 is 17.5 Å². The molecule has 3 rings (SSSR count). The van der Waals surface area contributed by atoms with Crippen molar-refractivity contribution in [1.29, 1.82) is 0 Å². The van der Waals surface area contributed by atoms with Crippen LogP contribution in [0.5, 0.6) is 0 Å². The van der Waals surface area contributed by atoms with Crippen molar-refractivity contribution in [2.45, 2.75) is 32.1 Å². The molecule has 2 aromatic rings. The molecular formula is C17H20N4O3. The lowest BCUT2D eigenvalue weighted by Gasteiger charge is -2.13. The van der Waals surface area contributed by atoms with Gasteiger partial charge in [-0.15, -0.1) is 10.2 Å². The van der Waals surface area contributed by atoms with Gasteiger partial charge in [-0.05, 0) is 44.2 Å². The zero-order valence-corrected chi connectivity index (χ0v) is 13.4. The van der Waals surface area contributed by atoms with Gasteiger partial charge in [-0.2, -0.15) is 0 Å². The van der Waals surface area contributed by atoms with Crippen molar-refractivity contribution in [2.75, 3.05) is 13.2 Å². The van der Waals surface area contributed by atoms with Crippen LogP contribution in [0.15, 0.2) is 36.3 Å². The van der Waals surface area contributed by atoms with Crippen molar-refractivity contribution < 1.29 is 14.3 Å². The minimum Gasteiger partial charge on any atom is -0.452 e. The molecule has 7 nitrogen and oxygen atoms in total. The van der Waals surface area contributed by atoms with Gasteiger partial charge in [-0.1, -0.05) is 11.6 Å². The van der Waals surface area contributed by atoms with E-state index in [1.54, 1.807) is 22.7 Å². The molecular weight excluding hydrogens is 308 g/mol. The SMILES string of the molecule is O=C(COC(=O)c1ccc2nncn2c1)NCCC1=CCCCC1. The highest BCUT2D eigenvalue weighted by Crippen LogP contribution is 2.19. The Morgan fingerprint density at radius 1 is 1.29 bits per heavy atom. The number of amides is 1. The first-order valence-electron chi connectivity index (χ1n) is 8.13. The summed E-state index contributed by atoms with van der Waals surface area (Å²) in [7, 11) is 0. The molecule has 0 radical (unpaired) electrons. The molecule has 0 unspecified atom stereocenters. The first kappa shape index (κ1) is 16.2. The van der Waals surface area contributed by atoms with Crippen molar-refractivity contribution in [3.63, 3.8) is 0 Å². The number of nitrogens with zero attached hydrogens (tertiary/aromatic N) is 3. The molecule has 126 valence electrons. The van der Waals surface area contributed by atoms with E-state index < -0.39 is 5.97 Å². The second-order valence-corrected chi connectivity index (χ2v) is 5.80. The number of nitrogens with one attached hydrogen (secondary N) is 1. The smallest absolute Gasteiger partial charge is 0.340 e. The summed E-state index contributed by atoms with van der Waals surface area (Å²) < 4.78 is 6.66. The Bertz CT molecular complexity index is 766. The van der Waals surface area contributed by atoms with Gasteiger partial charge in [-0.3, -0.25) is 9.20 Å². The fourth-order valence-corrected chi connectivity index (χ4v) is 2.71. The second kappa shape index (κ2) is 7.72. The second-order valence-electron chi connectivity index (χ2n) is 5.80. The molecule has 7 heteroatoms. The van der Waals surface area contributed by atoms with Crippen LogP contribution in [0.25, 0.3) is 5.65 Å². The van der Waals surface area contributed by atoms with Gasteiger partial charge >= 0.3 is 5.97 Å². The highest BCUT2D eigenvalue weighted by Gasteiger charge is 2.11. The van der Waals surface area contributed by atoms with E-state index in [9.17, 15) is 9.59 Å². The third-order valence-corrected chi connectivity index (χ3v) is 4.01. The highest BCUT2D eigenvalue weighted by molar-refractivity contribution is 5.91. The minimum atomic E-state index is -0.546. The molecule has 24 heavy (non-hydrogen) atoms. The van der Waals surface area contributed by atoms with Gasteiger partial charge < -0.3 is 10.1 Å². The predicted molar refractivity (Wildman–Crippen MR) is 87.4 cm³/mol. The highest BCUT2D eigenvalue weighted by atomic mass is 16.5. The van der Waals surface area contributed by atoms with E-state index in [0.29, 0.717) is 17.8 Å². The number of carbonyl (C=O) groups is 2. The zero-order valence-electron chi connectivity index (χ0n) is 13.4. The minimum absolute atomic E-state index is 0.280. The number of ether oxygens (including phenoxy) is 1. The number of hydrogen-bond donors (Lipinski definition) is 1. The molecule has 0 aliphatic heterocycles. The Morgan fingerprint density at radius 3 is 3.04 bits per heavy atom. The molecule has 2 aromatic heterocycles. The van der Waals surface area contributed by atoms with E-state index in [1.165, 1.54) is 24.7 Å². The van der Waals surface area contributed by atoms with Crippen LogP contribution < -0.4 is 5.32 Å². The molecule has 0 saturated carbocycles. The Balaban J connectivity index is 1.41. The van der Waals surface area contributed by atoms with Crippen LogP contribution in [0.3, 0.4) is 0 Å². The van der Waals surface area contributed by atoms with Crippen LogP contribution >= 0.6 is 0 Å². The number of esters is 1. The maximum absolute atomic E-state index is 12.0. The van der Waals surface area contributed by atoms with Gasteiger partial charge in [0.15, 0.2) is 12.3 Å². The molecule has 1 N–H and O–H groups in total. The molecule has 0 spiro atoms. The Morgan fingerprint density at radius 2 is 2.21 bits per heavy atom. The monoisotopic (exact) mass is 328 g/mol. The predicted octanol–water partition coefficient (Wildman–Crippen LogP) is 1.89. The van der Waals surface area contributed by atoms with Crippen LogP contribution in [-0.4, -0.2) is 39.6 Å². The van der Waals surface area contributed by atoms with E-state index in [2.05, 4.69) is 21.6 Å². The largest absolute Gasteiger partial charge is 0.452 e. The zero-order chi connectivity index (χ0) is 16.8. The van der Waals surface area contributed by atoms with Crippen LogP contribution in [-0.2, 0) is 9.53 Å². The topological polar surface area (TPSA) is 85.6 Å². The lowest BCUT2D eigenvalue weighted by atomic mass is 9.97. The third kappa shape index (κ3) is 4.18. The number of hydrogen-bond acceptors (Lipinski definition) is 5. The molecule has 1 aliphatic rings. The summed E-state index contributed by atoms with van der Waals surface area (Å²) in [5, 5.41) is 10.4. The van der Waals surface area contributed by atoms with E-state index in [-0.39, 0.29) is 12.5 Å². The van der Waals surface area contributed by atoms with Crippen LogP contribution in [0.1, 0.15) is 42.5 Å². The summed E-state index contributed by atoms with van der Waals surface area (Å²) >= 11 is 0. The maximum atomic E-state index is 12.0. The normalized spacial score (nSPS) is 14.2. The lowest BCUT2D eigenvalue weighted by molar-refractivity contribution is -0.124. The standard InChI is InChI=1S/C17H20N4O3/c22-16(18-9-8-13-4-2-1-3-5-13)11-24-17(23)14-6-7-15-20-19-12-21(15)10-14/h4,6-7,10,12H,1-3,5,8-9,11H2,(H,18,22). The van der Waals surface area contributed by atoms with E-state index in [4.69, 9.17) is 4.74 Å². The number of rotatable bonds is 6. The van der Waals surface area contributed by atoms with Crippen LogP contribution in [0.2, 0.25) is 0 Å². The first-order chi connectivity index (χ1) is 11.7. The van der Waals surface area contributed by atoms with Crippen molar-refractivity contribution in [3.05, 3.63) is 41.9 Å². The first-order valence-corrected chi connectivity index (χ1v) is 8.13. The molecule has 0 fully saturated rings. The maximum Gasteiger partial charge on any atom is 0.340 e. The Kier molecular flexibility index (Phi) is 5.20. The van der Waals surface area contributed by atoms with Gasteiger partial charge in [0.1, 0.15) is 6.33 Å². The summed E-state index contributed by atoms with van der Waals surface area (Å²) in [4.78, 5) is 23.7. The van der Waals surface area contributed by atoms with Crippen LogP contribution in [0, 0.1) is 0 Å². The average molecular weight is 328 g/mol. The molecule has 1 aliphatic carbocycles. The third-order valence-electron chi connectivity index (χ3n) is 4.01. The fourth-order valence-electron chi connectivity index (χ4n) is 2.71. The summed E-state index contributed by atoms with van der Waals surface area (Å²) in [6, 6.07) is 3.27. The number of allylic oxidation sites excluding steroid dienone is 1. The van der Waals surface area contributed by atoms with Crippen molar-refractivity contribution in [2.24, 2.45) is 0 Å². The average Bonchev–Trinajstić information content (AvgIpc) is 3.08. The number of fused-ring (bicyclic) bond motifs is 1. The molecule has 0 aromatic carbocycles. The van der Waals surface area contributed by atoms with Gasteiger partial charge in [-0.25, -0.2) is 4.79 Å². The summed E-state index contributed by atoms with van der Waals surface area (Å²) in [6.45, 7) is 0.299. The number of pyridine rings is 1. The Hall–Kier alpha value is -2.70. The van der Waals surface area contributed by atoms with Gasteiger partial charge in [0, 0.05) is 12.7 Å². The molecule has 1 amide bonds. The van der Waals surface area contributed by atoms with E-state index in [1.807, 2.05) is 0 Å². The van der Waals surface area contributed by atoms with Gasteiger partial charge in [0.2, 0.25) is 0 Å². The van der Waals surface area contributed by atoms with Gasteiger partial charge in [0.25, 0.3) is 5.91 Å². The molecule has 2 heterocycles. The molecule has 0 atom stereocenters. The summed E-state index contributed by atoms with van der Waals surface area (Å²) in [6.07, 6.45) is 10.9. The summed E-state index contributed by atoms with van der Waals surface area (Å²) in [5.41, 5.74) is 2.39. The quantitative estimate of drug-likeness (QED) is 0.646. The van der Waals surface area contributed by atoms with E-state index >= 15 is 0 Å². The summed E-state index contributed by atoms with van der Waals surface area (Å²) in [5.74, 6) is -0.833. The number of aromatic nitrogens is 3. The Labute approximate surface area is 139 Å². The molecule has 0 saturated heterocycles. The molecule has 0 bridgehead atoms. The number of carbonyl (C=O) groups excluding carboxylic acids is 2. The van der Waals surface area contributed by atoms with E-state index in [0.717, 1.165) is 19.3 Å². The fraction of sp³-hybridized carbons (Fsp3) is 0.412. The lowest BCUT2D eigenvalue weighted by Crippen LogP contribution is -2.29. The van der Waals surface area contributed by atoms with Crippen molar-refractivity contribution in [1.82, 2.24) is 19.9 Å². The van der Waals surface area contributed by atoms with Crippen molar-refractivity contribution in [3.8, 4) is 0 Å². The van der Waals surface area contributed by atoms with Crippen LogP contribution in [0.4, 0.5) is 0 Å². The van der Waals surface area contributed by atoms with Gasteiger partial charge in [0.05, 0.1) is 5.56 Å².